The fourth-order valence-corrected chi connectivity index (χ4v) is 3.83. The number of hydrogen-bond donors (Lipinski definition) is 2. The molecule has 1 aromatic rings. The highest BCUT2D eigenvalue weighted by molar-refractivity contribution is 5.82. The lowest BCUT2D eigenvalue weighted by atomic mass is 9.89. The largest absolute Gasteiger partial charge is 0.493 e. The van der Waals surface area contributed by atoms with Gasteiger partial charge in [-0.05, 0) is 44.2 Å². The van der Waals surface area contributed by atoms with Gasteiger partial charge in [0.2, 0.25) is 11.8 Å². The van der Waals surface area contributed by atoms with Gasteiger partial charge in [-0.1, -0.05) is 32.0 Å². The lowest BCUT2D eigenvalue weighted by Gasteiger charge is -2.36. The summed E-state index contributed by atoms with van der Waals surface area (Å²) in [6.45, 7) is 8.17. The van der Waals surface area contributed by atoms with Gasteiger partial charge in [-0.15, -0.1) is 0 Å². The monoisotopic (exact) mass is 389 g/mol. The number of hydrogen-bond acceptors (Lipinski definition) is 4. The maximum Gasteiger partial charge on any atom is 0.226 e. The van der Waals surface area contributed by atoms with Crippen LogP contribution in [0, 0.1) is 11.8 Å². The van der Waals surface area contributed by atoms with Crippen LogP contribution >= 0.6 is 0 Å². The molecule has 1 saturated heterocycles. The molecule has 3 N–H and O–H groups in total. The molecule has 6 nitrogen and oxygen atoms in total. The number of piperidine rings is 1. The maximum atomic E-state index is 12.8. The summed E-state index contributed by atoms with van der Waals surface area (Å²) >= 11 is 0. The van der Waals surface area contributed by atoms with Crippen molar-refractivity contribution in [2.45, 2.75) is 52.0 Å². The molecule has 0 aromatic heterocycles. The number of carbonyl (C=O) groups excluding carboxylic acids is 2. The number of carbonyl (C=O) groups is 2. The number of para-hydroxylation sites is 1. The second-order valence-electron chi connectivity index (χ2n) is 8.44. The Labute approximate surface area is 168 Å². The maximum absolute atomic E-state index is 12.8. The molecule has 0 bridgehead atoms. The van der Waals surface area contributed by atoms with Gasteiger partial charge in [-0.25, -0.2) is 0 Å². The number of amides is 2. The zero-order chi connectivity index (χ0) is 20.6. The zero-order valence-electron chi connectivity index (χ0n) is 17.4. The number of rotatable bonds is 9. The smallest absolute Gasteiger partial charge is 0.226 e. The molecule has 0 aliphatic carbocycles. The van der Waals surface area contributed by atoms with Gasteiger partial charge in [-0.2, -0.15) is 0 Å². The minimum absolute atomic E-state index is 0.00614. The normalized spacial score (nSPS) is 19.2. The quantitative estimate of drug-likeness (QED) is 0.680. The third-order valence-electron chi connectivity index (χ3n) is 5.21. The Hall–Kier alpha value is -2.08. The fourth-order valence-electron chi connectivity index (χ4n) is 3.83. The van der Waals surface area contributed by atoms with Crippen LogP contribution in [0.15, 0.2) is 30.3 Å². The number of nitrogens with one attached hydrogen (secondary N) is 1. The zero-order valence-corrected chi connectivity index (χ0v) is 17.4. The van der Waals surface area contributed by atoms with Gasteiger partial charge in [0, 0.05) is 25.2 Å². The van der Waals surface area contributed by atoms with Crippen LogP contribution in [0.5, 0.6) is 5.75 Å². The third-order valence-corrected chi connectivity index (χ3v) is 5.21. The molecule has 0 saturated carbocycles. The number of nitrogens with zero attached hydrogens (tertiary/aromatic N) is 1. The number of nitrogens with two attached hydrogens (primary N) is 1. The first kappa shape index (κ1) is 22.2. The van der Waals surface area contributed by atoms with Crippen molar-refractivity contribution in [3.63, 3.8) is 0 Å². The van der Waals surface area contributed by atoms with E-state index in [0.29, 0.717) is 38.6 Å². The molecule has 2 atom stereocenters. The van der Waals surface area contributed by atoms with E-state index in [9.17, 15) is 9.59 Å². The predicted molar refractivity (Wildman–Crippen MR) is 111 cm³/mol. The van der Waals surface area contributed by atoms with Crippen LogP contribution < -0.4 is 15.8 Å². The Balaban J connectivity index is 1.83. The van der Waals surface area contributed by atoms with Gasteiger partial charge in [0.1, 0.15) is 5.75 Å². The molecular formula is C22H35N3O3. The molecule has 1 aromatic carbocycles. The van der Waals surface area contributed by atoms with Gasteiger partial charge in [0.15, 0.2) is 0 Å². The van der Waals surface area contributed by atoms with E-state index in [-0.39, 0.29) is 17.7 Å². The van der Waals surface area contributed by atoms with Crippen LogP contribution in [-0.2, 0) is 9.59 Å². The van der Waals surface area contributed by atoms with Crippen molar-refractivity contribution in [3.05, 3.63) is 30.3 Å². The van der Waals surface area contributed by atoms with Crippen molar-refractivity contribution < 1.29 is 14.3 Å². The number of benzene rings is 1. The molecule has 2 unspecified atom stereocenters. The summed E-state index contributed by atoms with van der Waals surface area (Å²) in [4.78, 5) is 27.1. The lowest BCUT2D eigenvalue weighted by molar-refractivity contribution is -0.136. The van der Waals surface area contributed by atoms with Crippen molar-refractivity contribution in [1.29, 1.82) is 0 Å². The van der Waals surface area contributed by atoms with Crippen molar-refractivity contribution in [3.8, 4) is 5.75 Å². The summed E-state index contributed by atoms with van der Waals surface area (Å²) in [5, 5.41) is 3.14. The molecule has 6 heteroatoms. The van der Waals surface area contributed by atoms with Gasteiger partial charge >= 0.3 is 0 Å². The van der Waals surface area contributed by atoms with Crippen LogP contribution in [0.4, 0.5) is 0 Å². The van der Waals surface area contributed by atoms with Crippen LogP contribution in [0.25, 0.3) is 0 Å². The molecule has 156 valence electrons. The van der Waals surface area contributed by atoms with E-state index in [1.165, 1.54) is 0 Å². The first-order valence-electron chi connectivity index (χ1n) is 10.3. The average Bonchev–Trinajstić information content (AvgIpc) is 2.68. The summed E-state index contributed by atoms with van der Waals surface area (Å²) in [5.41, 5.74) is 5.52. The second kappa shape index (κ2) is 10.5. The van der Waals surface area contributed by atoms with Crippen molar-refractivity contribution >= 4 is 11.8 Å². The van der Waals surface area contributed by atoms with Crippen LogP contribution in [0.1, 0.15) is 46.5 Å². The molecule has 0 radical (unpaired) electrons. The molecule has 2 rings (SSSR count). The molecule has 1 heterocycles. The van der Waals surface area contributed by atoms with Crippen LogP contribution in [-0.4, -0.2) is 48.5 Å². The van der Waals surface area contributed by atoms with Crippen molar-refractivity contribution in [2.24, 2.45) is 17.6 Å². The van der Waals surface area contributed by atoms with Gasteiger partial charge in [0.25, 0.3) is 0 Å². The van der Waals surface area contributed by atoms with Crippen molar-refractivity contribution in [2.75, 3.05) is 26.2 Å². The average molecular weight is 390 g/mol. The summed E-state index contributed by atoms with van der Waals surface area (Å²) in [6, 6.07) is 9.47. The minimum Gasteiger partial charge on any atom is -0.493 e. The highest BCUT2D eigenvalue weighted by atomic mass is 16.5. The molecule has 2 amide bonds. The molecule has 1 aliphatic heterocycles. The first-order chi connectivity index (χ1) is 13.3. The summed E-state index contributed by atoms with van der Waals surface area (Å²) in [5.74, 6) is 1.08. The Kier molecular flexibility index (Phi) is 8.30. The fraction of sp³-hybridized carbons (Fsp3) is 0.636. The highest BCUT2D eigenvalue weighted by Gasteiger charge is 2.32. The Morgan fingerprint density at radius 1 is 1.32 bits per heavy atom. The third kappa shape index (κ3) is 6.82. The van der Waals surface area contributed by atoms with E-state index in [1.54, 1.807) is 4.90 Å². The summed E-state index contributed by atoms with van der Waals surface area (Å²) in [7, 11) is 0. The lowest BCUT2D eigenvalue weighted by Crippen LogP contribution is -2.55. The van der Waals surface area contributed by atoms with Gasteiger partial charge < -0.3 is 20.7 Å². The summed E-state index contributed by atoms with van der Waals surface area (Å²) < 4.78 is 5.62. The predicted octanol–water partition coefficient (Wildman–Crippen LogP) is 2.57. The van der Waals surface area contributed by atoms with Gasteiger partial charge in [0.05, 0.1) is 18.9 Å². The Bertz CT molecular complexity index is 635. The number of likely N-dealkylation sites (tertiary alicyclic amines) is 1. The standard InChI is InChI=1S/C22H35N3O3/c1-17(2)14-22(3,16-23)24-21(27)18-8-7-12-25(15-18)20(26)11-13-28-19-9-5-4-6-10-19/h4-6,9-10,17-18H,7-8,11-16,23H2,1-3H3,(H,24,27). The topological polar surface area (TPSA) is 84.7 Å². The van der Waals surface area contributed by atoms with Crippen LogP contribution in [0.2, 0.25) is 0 Å². The molecule has 0 spiro atoms. The number of ether oxygens (including phenoxy) is 1. The van der Waals surface area contributed by atoms with E-state index in [4.69, 9.17) is 10.5 Å². The van der Waals surface area contributed by atoms with Crippen molar-refractivity contribution in [1.82, 2.24) is 10.2 Å². The Morgan fingerprint density at radius 2 is 2.04 bits per heavy atom. The van der Waals surface area contributed by atoms with E-state index < -0.39 is 5.54 Å². The van der Waals surface area contributed by atoms with E-state index in [1.807, 2.05) is 37.3 Å². The van der Waals surface area contributed by atoms with E-state index in [0.717, 1.165) is 25.0 Å². The minimum atomic E-state index is -0.402. The summed E-state index contributed by atoms with van der Waals surface area (Å²) in [6.07, 6.45) is 2.80. The molecular weight excluding hydrogens is 354 g/mol. The molecule has 1 fully saturated rings. The molecule has 1 aliphatic rings. The molecule has 28 heavy (non-hydrogen) atoms. The van der Waals surface area contributed by atoms with E-state index in [2.05, 4.69) is 19.2 Å². The SMILES string of the molecule is CC(C)CC(C)(CN)NC(=O)C1CCCN(C(=O)CCOc2ccccc2)C1. The second-order valence-corrected chi connectivity index (χ2v) is 8.44. The van der Waals surface area contributed by atoms with Gasteiger partial charge in [-0.3, -0.25) is 9.59 Å². The highest BCUT2D eigenvalue weighted by Crippen LogP contribution is 2.21. The Morgan fingerprint density at radius 3 is 2.68 bits per heavy atom. The van der Waals surface area contributed by atoms with Crippen LogP contribution in [0.3, 0.4) is 0 Å². The first-order valence-corrected chi connectivity index (χ1v) is 10.3. The van der Waals surface area contributed by atoms with E-state index >= 15 is 0 Å².